The molecule has 1 aliphatic carbocycles. The van der Waals surface area contributed by atoms with Gasteiger partial charge < -0.3 is 14.6 Å². The molecule has 2 aliphatic rings. The van der Waals surface area contributed by atoms with Gasteiger partial charge >= 0.3 is 0 Å². The Balaban J connectivity index is 1.98. The van der Waals surface area contributed by atoms with Gasteiger partial charge in [0.1, 0.15) is 19.9 Å². The molecule has 1 N–H and O–H groups in total. The molecule has 3 rings (SSSR count). The highest BCUT2D eigenvalue weighted by Gasteiger charge is 2.41. The summed E-state index contributed by atoms with van der Waals surface area (Å²) in [5.41, 5.74) is 0.826. The van der Waals surface area contributed by atoms with Crippen molar-refractivity contribution in [2.75, 3.05) is 13.2 Å². The van der Waals surface area contributed by atoms with E-state index in [1.165, 1.54) is 0 Å². The van der Waals surface area contributed by atoms with E-state index < -0.39 is 12.3 Å². The number of rotatable bonds is 3. The van der Waals surface area contributed by atoms with Crippen LogP contribution in [0, 0.1) is 0 Å². The summed E-state index contributed by atoms with van der Waals surface area (Å²) in [6, 6.07) is 3.44. The standard InChI is InChI=1S/C13H15FO3/c14-8-9-5-10(7-13(15)1-2-13)12-11(6-9)16-3-4-17-12/h5-6,15H,1-4,7-8H2. The molecule has 1 heterocycles. The van der Waals surface area contributed by atoms with E-state index in [9.17, 15) is 9.50 Å². The number of aliphatic hydroxyl groups is 1. The fourth-order valence-corrected chi connectivity index (χ4v) is 2.17. The minimum Gasteiger partial charge on any atom is -0.486 e. The van der Waals surface area contributed by atoms with Crippen LogP contribution in [0.3, 0.4) is 0 Å². The number of benzene rings is 1. The molecular weight excluding hydrogens is 223 g/mol. The minimum absolute atomic E-state index is 0.493. The molecule has 0 saturated heterocycles. The van der Waals surface area contributed by atoms with Crippen LogP contribution >= 0.6 is 0 Å². The third kappa shape index (κ3) is 2.09. The van der Waals surface area contributed by atoms with E-state index in [1.54, 1.807) is 12.1 Å². The molecular formula is C13H15FO3. The summed E-state index contributed by atoms with van der Waals surface area (Å²) in [5.74, 6) is 1.28. The van der Waals surface area contributed by atoms with Crippen LogP contribution in [0.1, 0.15) is 24.0 Å². The fraction of sp³-hybridized carbons (Fsp3) is 0.538. The predicted molar refractivity (Wildman–Crippen MR) is 60.1 cm³/mol. The number of hydrogen-bond acceptors (Lipinski definition) is 3. The lowest BCUT2D eigenvalue weighted by atomic mass is 10.0. The Bertz CT molecular complexity index is 441. The molecule has 92 valence electrons. The summed E-state index contributed by atoms with van der Waals surface area (Å²) >= 11 is 0. The quantitative estimate of drug-likeness (QED) is 0.875. The zero-order chi connectivity index (χ0) is 11.9. The van der Waals surface area contributed by atoms with E-state index >= 15 is 0 Å². The van der Waals surface area contributed by atoms with Crippen molar-refractivity contribution in [3.05, 3.63) is 23.3 Å². The van der Waals surface area contributed by atoms with Gasteiger partial charge in [-0.2, -0.15) is 0 Å². The third-order valence-electron chi connectivity index (χ3n) is 3.28. The zero-order valence-corrected chi connectivity index (χ0v) is 9.54. The maximum absolute atomic E-state index is 12.8. The van der Waals surface area contributed by atoms with E-state index in [-0.39, 0.29) is 0 Å². The molecule has 3 nitrogen and oxygen atoms in total. The lowest BCUT2D eigenvalue weighted by Crippen LogP contribution is -2.19. The topological polar surface area (TPSA) is 38.7 Å². The highest BCUT2D eigenvalue weighted by Crippen LogP contribution is 2.43. The summed E-state index contributed by atoms with van der Waals surface area (Å²) in [6.07, 6.45) is 2.14. The second-order valence-corrected chi connectivity index (χ2v) is 4.81. The molecule has 0 aromatic heterocycles. The van der Waals surface area contributed by atoms with Gasteiger partial charge in [0.15, 0.2) is 11.5 Å². The zero-order valence-electron chi connectivity index (χ0n) is 9.54. The maximum atomic E-state index is 12.8. The van der Waals surface area contributed by atoms with E-state index in [4.69, 9.17) is 9.47 Å². The average molecular weight is 238 g/mol. The monoisotopic (exact) mass is 238 g/mol. The van der Waals surface area contributed by atoms with E-state index in [1.807, 2.05) is 0 Å². The summed E-state index contributed by atoms with van der Waals surface area (Å²) in [6.45, 7) is 0.474. The first-order valence-electron chi connectivity index (χ1n) is 5.90. The number of hydrogen-bond donors (Lipinski definition) is 1. The van der Waals surface area contributed by atoms with Gasteiger partial charge in [-0.3, -0.25) is 0 Å². The van der Waals surface area contributed by atoms with Gasteiger partial charge in [0.05, 0.1) is 5.60 Å². The van der Waals surface area contributed by atoms with Crippen LogP contribution < -0.4 is 9.47 Å². The normalized spacial score (nSPS) is 20.1. The molecule has 4 heteroatoms. The van der Waals surface area contributed by atoms with Crippen LogP contribution in [-0.2, 0) is 13.1 Å². The minimum atomic E-state index is -0.608. The van der Waals surface area contributed by atoms with E-state index in [2.05, 4.69) is 0 Å². The van der Waals surface area contributed by atoms with Gasteiger partial charge in [-0.05, 0) is 30.5 Å². The van der Waals surface area contributed by atoms with Crippen molar-refractivity contribution in [3.8, 4) is 11.5 Å². The predicted octanol–water partition coefficient (Wildman–Crippen LogP) is 1.99. The lowest BCUT2D eigenvalue weighted by molar-refractivity contribution is 0.143. The third-order valence-corrected chi connectivity index (χ3v) is 3.28. The van der Waals surface area contributed by atoms with Crippen LogP contribution in [0.15, 0.2) is 12.1 Å². The Kier molecular flexibility index (Phi) is 2.47. The first-order chi connectivity index (χ1) is 8.20. The van der Waals surface area contributed by atoms with Gasteiger partial charge in [-0.25, -0.2) is 4.39 Å². The molecule has 0 spiro atoms. The van der Waals surface area contributed by atoms with Gasteiger partial charge in [0.25, 0.3) is 0 Å². The van der Waals surface area contributed by atoms with Crippen LogP contribution in [-0.4, -0.2) is 23.9 Å². The molecule has 1 fully saturated rings. The maximum Gasteiger partial charge on any atom is 0.164 e. The van der Waals surface area contributed by atoms with Gasteiger partial charge in [-0.15, -0.1) is 0 Å². The molecule has 0 bridgehead atoms. The van der Waals surface area contributed by atoms with E-state index in [0.717, 1.165) is 18.4 Å². The molecule has 1 aliphatic heterocycles. The number of ether oxygens (including phenoxy) is 2. The van der Waals surface area contributed by atoms with Crippen molar-refractivity contribution in [1.29, 1.82) is 0 Å². The molecule has 0 atom stereocenters. The Morgan fingerprint density at radius 3 is 2.71 bits per heavy atom. The van der Waals surface area contributed by atoms with Crippen LogP contribution in [0.4, 0.5) is 4.39 Å². The molecule has 1 aromatic rings. The number of fused-ring (bicyclic) bond motifs is 1. The van der Waals surface area contributed by atoms with Crippen LogP contribution in [0.25, 0.3) is 0 Å². The molecule has 17 heavy (non-hydrogen) atoms. The van der Waals surface area contributed by atoms with Crippen molar-refractivity contribution < 1.29 is 19.0 Å². The SMILES string of the molecule is OC1(Cc2cc(CF)cc3c2OCCO3)CC1. The second kappa shape index (κ2) is 3.88. The number of halogens is 1. The second-order valence-electron chi connectivity index (χ2n) is 4.81. The van der Waals surface area contributed by atoms with Gasteiger partial charge in [0, 0.05) is 12.0 Å². The smallest absolute Gasteiger partial charge is 0.164 e. The first-order valence-corrected chi connectivity index (χ1v) is 5.90. The Hall–Kier alpha value is -1.29. The molecule has 1 aromatic carbocycles. The summed E-state index contributed by atoms with van der Waals surface area (Å²) in [4.78, 5) is 0. The Morgan fingerprint density at radius 1 is 1.24 bits per heavy atom. The average Bonchev–Trinajstić information content (AvgIpc) is 3.06. The first kappa shape index (κ1) is 10.8. The molecule has 0 unspecified atom stereocenters. The van der Waals surface area contributed by atoms with Gasteiger partial charge in [0.2, 0.25) is 0 Å². The Labute approximate surface area is 99.2 Å². The lowest BCUT2D eigenvalue weighted by Gasteiger charge is -2.23. The highest BCUT2D eigenvalue weighted by atomic mass is 19.1. The number of alkyl halides is 1. The van der Waals surface area contributed by atoms with Crippen molar-refractivity contribution in [1.82, 2.24) is 0 Å². The summed E-state index contributed by atoms with van der Waals surface area (Å²) in [7, 11) is 0. The van der Waals surface area contributed by atoms with Crippen molar-refractivity contribution in [2.24, 2.45) is 0 Å². The van der Waals surface area contributed by atoms with Crippen molar-refractivity contribution in [2.45, 2.75) is 31.5 Å². The summed E-state index contributed by atoms with van der Waals surface area (Å²) in [5, 5.41) is 9.96. The fourth-order valence-electron chi connectivity index (χ4n) is 2.17. The molecule has 0 radical (unpaired) electrons. The molecule has 0 amide bonds. The van der Waals surface area contributed by atoms with Crippen molar-refractivity contribution in [3.63, 3.8) is 0 Å². The van der Waals surface area contributed by atoms with Crippen LogP contribution in [0.2, 0.25) is 0 Å². The van der Waals surface area contributed by atoms with Crippen molar-refractivity contribution >= 4 is 0 Å². The largest absolute Gasteiger partial charge is 0.486 e. The summed E-state index contributed by atoms with van der Waals surface area (Å²) < 4.78 is 23.8. The van der Waals surface area contributed by atoms with Crippen LogP contribution in [0.5, 0.6) is 11.5 Å². The van der Waals surface area contributed by atoms with E-state index in [0.29, 0.717) is 36.7 Å². The highest BCUT2D eigenvalue weighted by molar-refractivity contribution is 5.51. The molecule has 1 saturated carbocycles. The Morgan fingerprint density at radius 2 is 2.00 bits per heavy atom. The van der Waals surface area contributed by atoms with Gasteiger partial charge in [-0.1, -0.05) is 0 Å².